The highest BCUT2D eigenvalue weighted by atomic mass is 35.5. The van der Waals surface area contributed by atoms with Crippen LogP contribution in [-0.2, 0) is 4.79 Å². The van der Waals surface area contributed by atoms with Gasteiger partial charge in [0.25, 0.3) is 0 Å². The van der Waals surface area contributed by atoms with Gasteiger partial charge in [0.05, 0.1) is 10.2 Å². The summed E-state index contributed by atoms with van der Waals surface area (Å²) in [5, 5.41) is 2.18. The van der Waals surface area contributed by atoms with E-state index in [0.717, 1.165) is 49.5 Å². The molecule has 0 aliphatic rings. The van der Waals surface area contributed by atoms with Gasteiger partial charge in [-0.3, -0.25) is 9.69 Å². The van der Waals surface area contributed by atoms with Gasteiger partial charge < -0.3 is 4.90 Å². The van der Waals surface area contributed by atoms with E-state index in [0.29, 0.717) is 18.0 Å². The Hall–Kier alpha value is -1.02. The van der Waals surface area contributed by atoms with E-state index in [-0.39, 0.29) is 18.3 Å². The molecule has 1 heterocycles. The molecule has 4 nitrogen and oxygen atoms in total. The Balaban J connectivity index is 0.00000341. The first-order chi connectivity index (χ1) is 14.3. The molecule has 168 valence electrons. The Morgan fingerprint density at radius 2 is 1.81 bits per heavy atom. The van der Waals surface area contributed by atoms with Crippen LogP contribution in [0, 0.1) is 6.92 Å². The zero-order chi connectivity index (χ0) is 21.7. The third-order valence-corrected chi connectivity index (χ3v) is 7.46. The van der Waals surface area contributed by atoms with E-state index in [1.54, 1.807) is 23.1 Å². The number of halogens is 3. The summed E-state index contributed by atoms with van der Waals surface area (Å²) < 4.78 is 1.05. The van der Waals surface area contributed by atoms with Crippen LogP contribution in [0.5, 0.6) is 0 Å². The number of amides is 1. The largest absolute Gasteiger partial charge is 0.308 e. The Bertz CT molecular complexity index is 1010. The molecule has 0 saturated heterocycles. The number of likely N-dealkylation sites (N-methyl/N-ethyl adjacent to an activating group) is 1. The minimum Gasteiger partial charge on any atom is -0.308 e. The molecular weight excluding hydrogens is 493 g/mol. The molecular formula is C22H26Cl3N3OS2. The number of aryl methyl sites for hydroxylation is 1. The summed E-state index contributed by atoms with van der Waals surface area (Å²) in [4.78, 5) is 22.9. The van der Waals surface area contributed by atoms with Crippen LogP contribution in [0.2, 0.25) is 10.0 Å². The molecule has 0 aliphatic carbocycles. The van der Waals surface area contributed by atoms with E-state index < -0.39 is 0 Å². The van der Waals surface area contributed by atoms with Gasteiger partial charge in [-0.15, -0.1) is 24.2 Å². The number of rotatable bonds is 9. The number of hydrogen-bond donors (Lipinski definition) is 0. The lowest BCUT2D eigenvalue weighted by molar-refractivity contribution is -0.118. The van der Waals surface area contributed by atoms with Crippen molar-refractivity contribution in [2.75, 3.05) is 37.8 Å². The Morgan fingerprint density at radius 3 is 2.48 bits per heavy atom. The first-order valence-electron chi connectivity index (χ1n) is 9.74. The number of fused-ring (bicyclic) bond motifs is 1. The maximum absolute atomic E-state index is 13.1. The summed E-state index contributed by atoms with van der Waals surface area (Å²) >= 11 is 15.5. The Kier molecular flexibility index (Phi) is 10.4. The zero-order valence-corrected chi connectivity index (χ0v) is 21.7. The van der Waals surface area contributed by atoms with E-state index >= 15 is 0 Å². The van der Waals surface area contributed by atoms with Crippen LogP contribution in [0.4, 0.5) is 5.13 Å². The molecule has 0 spiro atoms. The summed E-state index contributed by atoms with van der Waals surface area (Å²) in [6.45, 7) is 3.36. The molecule has 0 atom stereocenters. The molecule has 1 aromatic heterocycles. The Labute approximate surface area is 208 Å². The number of anilines is 1. The lowest BCUT2D eigenvalue weighted by Crippen LogP contribution is -2.36. The smallest absolute Gasteiger partial charge is 0.228 e. The van der Waals surface area contributed by atoms with Crippen LogP contribution < -0.4 is 4.90 Å². The molecule has 0 radical (unpaired) electrons. The van der Waals surface area contributed by atoms with Crippen molar-refractivity contribution in [3.8, 4) is 0 Å². The first kappa shape index (κ1) is 26.2. The van der Waals surface area contributed by atoms with Crippen molar-refractivity contribution in [1.29, 1.82) is 0 Å². The second kappa shape index (κ2) is 12.3. The quantitative estimate of drug-likeness (QED) is 0.230. The van der Waals surface area contributed by atoms with Crippen LogP contribution in [0.25, 0.3) is 10.2 Å². The molecule has 9 heteroatoms. The highest BCUT2D eigenvalue weighted by Gasteiger charge is 2.20. The molecule has 0 fully saturated rings. The number of hydrogen-bond acceptors (Lipinski definition) is 5. The topological polar surface area (TPSA) is 36.4 Å². The fourth-order valence-corrected chi connectivity index (χ4v) is 5.11. The predicted molar refractivity (Wildman–Crippen MR) is 139 cm³/mol. The average molecular weight is 519 g/mol. The fourth-order valence-electron chi connectivity index (χ4n) is 2.91. The molecule has 0 aliphatic heterocycles. The van der Waals surface area contributed by atoms with Gasteiger partial charge in [-0.2, -0.15) is 0 Å². The monoisotopic (exact) mass is 517 g/mol. The molecule has 1 amide bonds. The van der Waals surface area contributed by atoms with Gasteiger partial charge in [0, 0.05) is 34.5 Å². The minimum atomic E-state index is 0. The lowest BCUT2D eigenvalue weighted by atomic mass is 10.2. The second-order valence-electron chi connectivity index (χ2n) is 7.27. The summed E-state index contributed by atoms with van der Waals surface area (Å²) in [7, 11) is 4.02. The van der Waals surface area contributed by atoms with Gasteiger partial charge >= 0.3 is 0 Å². The van der Waals surface area contributed by atoms with Gasteiger partial charge in [-0.25, -0.2) is 4.98 Å². The number of carbonyl (C=O) groups excluding carboxylic acids is 1. The predicted octanol–water partition coefficient (Wildman–Crippen LogP) is 6.80. The number of thioether (sulfide) groups is 1. The molecule has 0 bridgehead atoms. The van der Waals surface area contributed by atoms with E-state index in [1.807, 2.05) is 62.3 Å². The normalized spacial score (nSPS) is 11.0. The highest BCUT2D eigenvalue weighted by molar-refractivity contribution is 7.99. The van der Waals surface area contributed by atoms with Crippen molar-refractivity contribution in [2.24, 2.45) is 0 Å². The van der Waals surface area contributed by atoms with Crippen molar-refractivity contribution in [1.82, 2.24) is 9.88 Å². The number of benzene rings is 2. The van der Waals surface area contributed by atoms with E-state index in [2.05, 4.69) is 4.90 Å². The molecule has 3 aromatic rings. The van der Waals surface area contributed by atoms with Gasteiger partial charge in [-0.05, 0) is 75.2 Å². The van der Waals surface area contributed by atoms with Crippen LogP contribution in [-0.4, -0.2) is 48.7 Å². The summed E-state index contributed by atoms with van der Waals surface area (Å²) in [5.41, 5.74) is 1.83. The van der Waals surface area contributed by atoms with Crippen LogP contribution in [0.3, 0.4) is 0 Å². The third-order valence-electron chi connectivity index (χ3n) is 4.66. The molecule has 2 aromatic carbocycles. The van der Waals surface area contributed by atoms with E-state index in [9.17, 15) is 4.79 Å². The highest BCUT2D eigenvalue weighted by Crippen LogP contribution is 2.34. The van der Waals surface area contributed by atoms with Crippen LogP contribution in [0.15, 0.2) is 41.3 Å². The summed E-state index contributed by atoms with van der Waals surface area (Å²) in [6, 6.07) is 11.7. The van der Waals surface area contributed by atoms with E-state index in [1.165, 1.54) is 0 Å². The third kappa shape index (κ3) is 7.24. The van der Waals surface area contributed by atoms with Gasteiger partial charge in [0.2, 0.25) is 5.91 Å². The minimum absolute atomic E-state index is 0. The van der Waals surface area contributed by atoms with Crippen molar-refractivity contribution < 1.29 is 4.79 Å². The van der Waals surface area contributed by atoms with Crippen LogP contribution >= 0.6 is 58.7 Å². The Morgan fingerprint density at radius 1 is 1.10 bits per heavy atom. The average Bonchev–Trinajstić information content (AvgIpc) is 3.14. The number of carbonyl (C=O) groups is 1. The summed E-state index contributed by atoms with van der Waals surface area (Å²) in [6.07, 6.45) is 1.30. The van der Waals surface area contributed by atoms with Gasteiger partial charge in [0.15, 0.2) is 5.13 Å². The first-order valence-corrected chi connectivity index (χ1v) is 12.3. The van der Waals surface area contributed by atoms with Crippen molar-refractivity contribution in [3.05, 3.63) is 52.0 Å². The second-order valence-corrected chi connectivity index (χ2v) is 10.3. The SMILES string of the molecule is Cc1c(Cl)ccc2sc(N(CCN(C)C)C(=O)CCCSc3ccc(Cl)cc3)nc12.Cl. The number of nitrogens with zero attached hydrogens (tertiary/aromatic N) is 3. The standard InChI is InChI=1S/C22H25Cl2N3OS2.ClH/c1-15-18(24)10-11-19-21(15)25-22(30-19)27(13-12-26(2)3)20(28)5-4-14-29-17-8-6-16(23)7-9-17;/h6-11H,4-5,12-14H2,1-3H3;1H. The molecule has 3 rings (SSSR count). The van der Waals surface area contributed by atoms with Crippen LogP contribution in [0.1, 0.15) is 18.4 Å². The maximum Gasteiger partial charge on any atom is 0.228 e. The lowest BCUT2D eigenvalue weighted by Gasteiger charge is -2.22. The molecule has 0 unspecified atom stereocenters. The fraction of sp³-hybridized carbons (Fsp3) is 0.364. The van der Waals surface area contributed by atoms with Gasteiger partial charge in [0.1, 0.15) is 0 Å². The number of thiazole rings is 1. The molecule has 0 N–H and O–H groups in total. The molecule has 31 heavy (non-hydrogen) atoms. The van der Waals surface area contributed by atoms with Crippen molar-refractivity contribution in [2.45, 2.75) is 24.7 Å². The van der Waals surface area contributed by atoms with Crippen molar-refractivity contribution in [3.63, 3.8) is 0 Å². The van der Waals surface area contributed by atoms with Crippen molar-refractivity contribution >= 4 is 80.0 Å². The van der Waals surface area contributed by atoms with Gasteiger partial charge in [-0.1, -0.05) is 34.5 Å². The molecule has 0 saturated carbocycles. The van der Waals surface area contributed by atoms with E-state index in [4.69, 9.17) is 28.2 Å². The summed E-state index contributed by atoms with van der Waals surface area (Å²) in [5.74, 6) is 0.986. The maximum atomic E-state index is 13.1. The zero-order valence-electron chi connectivity index (χ0n) is 17.7. The number of aromatic nitrogens is 1.